The molecule has 3 fully saturated rings. The van der Waals surface area contributed by atoms with Gasteiger partial charge in [-0.05, 0) is 74.6 Å². The van der Waals surface area contributed by atoms with Crippen molar-refractivity contribution in [2.75, 3.05) is 57.4 Å². The number of fused-ring (bicyclic) bond motifs is 4. The summed E-state index contributed by atoms with van der Waals surface area (Å²) in [6.45, 7) is 11.0. The fraction of sp³-hybridized carbons (Fsp3) is 0.472. The van der Waals surface area contributed by atoms with Crippen molar-refractivity contribution in [1.29, 1.82) is 0 Å². The molecule has 3 saturated heterocycles. The number of hydrogen-bond donors (Lipinski definition) is 1. The number of piperazine rings is 1. The van der Waals surface area contributed by atoms with Crippen LogP contribution in [-0.4, -0.2) is 101 Å². The first-order chi connectivity index (χ1) is 23.1. The average molecular weight is 678 g/mol. The molecule has 1 N–H and O–H groups in total. The summed E-state index contributed by atoms with van der Waals surface area (Å²) in [6.07, 6.45) is 2.10. The third-order valence-electron chi connectivity index (χ3n) is 9.30. The Kier molecular flexibility index (Phi) is 8.95. The summed E-state index contributed by atoms with van der Waals surface area (Å²) in [4.78, 5) is 28.9. The van der Waals surface area contributed by atoms with Crippen LogP contribution < -0.4 is 9.64 Å². The number of halogens is 2. The van der Waals surface area contributed by atoms with E-state index in [1.807, 2.05) is 49.9 Å². The average Bonchev–Trinajstić information content (AvgIpc) is 3.32. The molecular weight excluding hydrogens is 637 g/mol. The van der Waals surface area contributed by atoms with Crippen molar-refractivity contribution in [1.82, 2.24) is 19.8 Å². The lowest BCUT2D eigenvalue weighted by molar-refractivity contribution is 0.0122. The molecule has 3 aliphatic heterocycles. The van der Waals surface area contributed by atoms with Gasteiger partial charge < -0.3 is 24.2 Å². The lowest BCUT2D eigenvalue weighted by atomic mass is 9.96. The Balaban J connectivity index is 1.26. The van der Waals surface area contributed by atoms with E-state index in [4.69, 9.17) is 30.8 Å². The molecule has 2 bridgehead atoms. The molecule has 0 radical (unpaired) electrons. The molecule has 4 heterocycles. The molecule has 3 aliphatic rings. The molecule has 10 nitrogen and oxygen atoms in total. The maximum absolute atomic E-state index is 16.9. The van der Waals surface area contributed by atoms with Crippen LogP contribution >= 0.6 is 11.6 Å². The van der Waals surface area contributed by atoms with Gasteiger partial charge in [-0.3, -0.25) is 9.80 Å². The van der Waals surface area contributed by atoms with Crippen LogP contribution in [-0.2, 0) is 9.47 Å². The van der Waals surface area contributed by atoms with Crippen LogP contribution in [0.2, 0.25) is 5.02 Å². The summed E-state index contributed by atoms with van der Waals surface area (Å²) in [6, 6.07) is 12.2. The SMILES string of the molecule is CC(C)(C)OC(=O)N1[C@@H]2CC[C@H]1CN(c1nc(OCCCN3CCOCC3)nc3c(F)c(-c4cc(O)cc5ccccc45)c(Cl)cc13)C2. The summed E-state index contributed by atoms with van der Waals surface area (Å²) in [5, 5.41) is 12.7. The van der Waals surface area contributed by atoms with E-state index in [9.17, 15) is 9.90 Å². The first-order valence-corrected chi connectivity index (χ1v) is 17.0. The molecule has 1 amide bonds. The van der Waals surface area contributed by atoms with Crippen molar-refractivity contribution < 1.29 is 28.5 Å². The molecule has 7 rings (SSSR count). The predicted octanol–water partition coefficient (Wildman–Crippen LogP) is 6.64. The van der Waals surface area contributed by atoms with Crippen LogP contribution in [0.1, 0.15) is 40.0 Å². The number of aromatic nitrogens is 2. The van der Waals surface area contributed by atoms with E-state index in [2.05, 4.69) is 14.8 Å². The maximum Gasteiger partial charge on any atom is 0.410 e. The number of ether oxygens (including phenoxy) is 3. The van der Waals surface area contributed by atoms with Crippen LogP contribution in [0.4, 0.5) is 15.0 Å². The van der Waals surface area contributed by atoms with E-state index in [0.717, 1.165) is 62.9 Å². The van der Waals surface area contributed by atoms with Gasteiger partial charge in [0.15, 0.2) is 5.82 Å². The third-order valence-corrected chi connectivity index (χ3v) is 9.60. The number of phenolic OH excluding ortho intramolecular Hbond substituents is 1. The van der Waals surface area contributed by atoms with E-state index in [-0.39, 0.29) is 46.0 Å². The number of nitrogens with zero attached hydrogens (tertiary/aromatic N) is 5. The van der Waals surface area contributed by atoms with Crippen LogP contribution in [0.25, 0.3) is 32.8 Å². The summed E-state index contributed by atoms with van der Waals surface area (Å²) >= 11 is 6.91. The number of amides is 1. The van der Waals surface area contributed by atoms with Gasteiger partial charge in [-0.2, -0.15) is 9.97 Å². The van der Waals surface area contributed by atoms with Gasteiger partial charge in [0.25, 0.3) is 0 Å². The van der Waals surface area contributed by atoms with Gasteiger partial charge in [0.2, 0.25) is 0 Å². The van der Waals surface area contributed by atoms with E-state index in [1.54, 1.807) is 12.1 Å². The zero-order valence-electron chi connectivity index (χ0n) is 27.5. The third kappa shape index (κ3) is 6.55. The number of morpholine rings is 1. The first kappa shape index (κ1) is 32.6. The minimum atomic E-state index is -0.620. The number of carbonyl (C=O) groups excluding carboxylic acids is 1. The molecule has 0 saturated carbocycles. The smallest absolute Gasteiger partial charge is 0.410 e. The fourth-order valence-electron chi connectivity index (χ4n) is 7.18. The van der Waals surface area contributed by atoms with Crippen molar-refractivity contribution in [3.05, 3.63) is 53.3 Å². The fourth-order valence-corrected chi connectivity index (χ4v) is 7.47. The largest absolute Gasteiger partial charge is 0.508 e. The van der Waals surface area contributed by atoms with E-state index < -0.39 is 11.4 Å². The Morgan fingerprint density at radius 3 is 2.52 bits per heavy atom. The summed E-state index contributed by atoms with van der Waals surface area (Å²) in [5.41, 5.74) is 0.0929. The van der Waals surface area contributed by atoms with Crippen molar-refractivity contribution in [2.24, 2.45) is 0 Å². The molecule has 0 aliphatic carbocycles. The van der Waals surface area contributed by atoms with E-state index >= 15 is 4.39 Å². The Hall–Kier alpha value is -3.93. The van der Waals surface area contributed by atoms with Crippen LogP contribution in [0.15, 0.2) is 42.5 Å². The number of aromatic hydroxyl groups is 1. The molecule has 254 valence electrons. The molecule has 3 aromatic carbocycles. The molecule has 48 heavy (non-hydrogen) atoms. The minimum absolute atomic E-state index is 0.00487. The second-order valence-corrected chi connectivity index (χ2v) is 14.2. The monoisotopic (exact) mass is 677 g/mol. The van der Waals surface area contributed by atoms with Crippen molar-refractivity contribution in [2.45, 2.75) is 57.7 Å². The van der Waals surface area contributed by atoms with Gasteiger partial charge >= 0.3 is 12.1 Å². The lowest BCUT2D eigenvalue weighted by Gasteiger charge is -2.42. The second kappa shape index (κ2) is 13.2. The molecule has 0 spiro atoms. The van der Waals surface area contributed by atoms with Crippen LogP contribution in [0.5, 0.6) is 11.8 Å². The number of hydrogen-bond acceptors (Lipinski definition) is 9. The standard InChI is InChI=1S/C36H41ClFN5O5/c1-36(2,3)48-35(45)43-23-9-10-24(43)21-42(20-23)33-28-19-29(37)30(27-18-25(44)17-22-7-4-5-8-26(22)27)31(38)32(28)39-34(40-33)47-14-6-11-41-12-15-46-16-13-41/h4-5,7-8,17-19,23-24,44H,6,9-16,20-21H2,1-3H3/t23-,24+. The van der Waals surface area contributed by atoms with E-state index in [0.29, 0.717) is 36.5 Å². The van der Waals surface area contributed by atoms with E-state index in [1.165, 1.54) is 6.07 Å². The summed E-state index contributed by atoms with van der Waals surface area (Å²) in [5.74, 6) is -0.104. The number of phenols is 1. The summed E-state index contributed by atoms with van der Waals surface area (Å²) < 4.78 is 34.2. The van der Waals surface area contributed by atoms with Gasteiger partial charge in [0, 0.05) is 43.7 Å². The molecule has 4 aromatic rings. The highest BCUT2D eigenvalue weighted by molar-refractivity contribution is 6.35. The van der Waals surface area contributed by atoms with Gasteiger partial charge in [-0.25, -0.2) is 9.18 Å². The molecule has 2 atom stereocenters. The highest BCUT2D eigenvalue weighted by Gasteiger charge is 2.45. The molecule has 0 unspecified atom stereocenters. The Labute approximate surface area is 284 Å². The first-order valence-electron chi connectivity index (χ1n) is 16.7. The van der Waals surface area contributed by atoms with Gasteiger partial charge in [0.05, 0.1) is 36.9 Å². The molecular formula is C36H41ClFN5O5. The highest BCUT2D eigenvalue weighted by Crippen LogP contribution is 2.43. The van der Waals surface area contributed by atoms with Crippen molar-refractivity contribution in [3.8, 4) is 22.9 Å². The van der Waals surface area contributed by atoms with Crippen molar-refractivity contribution in [3.63, 3.8) is 0 Å². The van der Waals surface area contributed by atoms with Gasteiger partial charge in [-0.1, -0.05) is 35.9 Å². The Morgan fingerprint density at radius 1 is 1.06 bits per heavy atom. The molecule has 12 heteroatoms. The molecule has 1 aromatic heterocycles. The lowest BCUT2D eigenvalue weighted by Crippen LogP contribution is -2.57. The van der Waals surface area contributed by atoms with Gasteiger partial charge in [-0.15, -0.1) is 0 Å². The zero-order chi connectivity index (χ0) is 33.6. The number of anilines is 1. The van der Waals surface area contributed by atoms with Gasteiger partial charge in [0.1, 0.15) is 22.7 Å². The number of rotatable bonds is 7. The zero-order valence-corrected chi connectivity index (χ0v) is 28.3. The Bertz CT molecular complexity index is 1830. The minimum Gasteiger partial charge on any atom is -0.508 e. The highest BCUT2D eigenvalue weighted by atomic mass is 35.5. The van der Waals surface area contributed by atoms with Crippen LogP contribution in [0, 0.1) is 5.82 Å². The maximum atomic E-state index is 16.9. The van der Waals surface area contributed by atoms with Crippen LogP contribution in [0.3, 0.4) is 0 Å². The predicted molar refractivity (Wildman–Crippen MR) is 184 cm³/mol. The number of carbonyl (C=O) groups is 1. The normalized spacial score (nSPS) is 20.1. The quantitative estimate of drug-likeness (QED) is 0.216. The topological polar surface area (TPSA) is 100 Å². The summed E-state index contributed by atoms with van der Waals surface area (Å²) in [7, 11) is 0. The second-order valence-electron chi connectivity index (χ2n) is 13.8. The Morgan fingerprint density at radius 2 is 1.79 bits per heavy atom. The number of benzene rings is 3. The van der Waals surface area contributed by atoms with Crippen molar-refractivity contribution >= 4 is 45.2 Å².